The Balaban J connectivity index is 1.65. The molecule has 2 heterocycles. The maximum Gasteiger partial charge on any atom is 0.147 e. The Morgan fingerprint density at radius 2 is 2.04 bits per heavy atom. The van der Waals surface area contributed by atoms with Crippen LogP contribution < -0.4 is 5.32 Å². The molecule has 0 spiro atoms. The highest BCUT2D eigenvalue weighted by atomic mass is 32.1. The van der Waals surface area contributed by atoms with Crippen LogP contribution >= 0.6 is 11.3 Å². The van der Waals surface area contributed by atoms with Gasteiger partial charge in [0.15, 0.2) is 0 Å². The number of benzene rings is 2. The van der Waals surface area contributed by atoms with Gasteiger partial charge < -0.3 is 5.32 Å². The molecule has 4 rings (SSSR count). The summed E-state index contributed by atoms with van der Waals surface area (Å²) in [6, 6.07) is 17.6. The van der Waals surface area contributed by atoms with Gasteiger partial charge in [0.1, 0.15) is 10.5 Å². The Hall–Kier alpha value is -2.24. The third kappa shape index (κ3) is 2.85. The standard InChI is InChI=1S/C18H18N4S/c1-22-11-15-9-14(18-21-20-12-23-18)7-8-16(15)19-10-17(22)13-5-3-2-4-6-13/h2-9,12,17,19H,10-11H2,1H3. The fourth-order valence-electron chi connectivity index (χ4n) is 3.12. The van der Waals surface area contributed by atoms with E-state index in [1.54, 1.807) is 16.8 Å². The zero-order chi connectivity index (χ0) is 15.6. The van der Waals surface area contributed by atoms with Gasteiger partial charge in [0.25, 0.3) is 0 Å². The normalized spacial score (nSPS) is 18.0. The number of anilines is 1. The molecule has 1 unspecified atom stereocenters. The maximum atomic E-state index is 4.17. The number of hydrogen-bond donors (Lipinski definition) is 1. The van der Waals surface area contributed by atoms with E-state index in [2.05, 4.69) is 76.0 Å². The molecule has 4 nitrogen and oxygen atoms in total. The largest absolute Gasteiger partial charge is 0.383 e. The van der Waals surface area contributed by atoms with E-state index in [1.165, 1.54) is 16.8 Å². The van der Waals surface area contributed by atoms with Crippen molar-refractivity contribution in [3.8, 4) is 10.6 Å². The van der Waals surface area contributed by atoms with Crippen LogP contribution in [-0.2, 0) is 6.54 Å². The van der Waals surface area contributed by atoms with Gasteiger partial charge in [0.2, 0.25) is 0 Å². The average molecular weight is 322 g/mol. The van der Waals surface area contributed by atoms with Crippen molar-refractivity contribution >= 4 is 17.0 Å². The summed E-state index contributed by atoms with van der Waals surface area (Å²) >= 11 is 1.57. The molecule has 1 aromatic heterocycles. The molecule has 1 aliphatic rings. The first kappa shape index (κ1) is 14.4. The molecule has 0 fully saturated rings. The van der Waals surface area contributed by atoms with Crippen molar-refractivity contribution in [3.05, 3.63) is 65.2 Å². The van der Waals surface area contributed by atoms with E-state index in [-0.39, 0.29) is 0 Å². The fourth-order valence-corrected chi connectivity index (χ4v) is 3.67. The predicted octanol–water partition coefficient (Wildman–Crippen LogP) is 3.80. The SMILES string of the molecule is CN1Cc2cc(-c3nncs3)ccc2NCC1c1ccccc1. The molecule has 5 heteroatoms. The number of rotatable bonds is 2. The average Bonchev–Trinajstić information content (AvgIpc) is 3.06. The summed E-state index contributed by atoms with van der Waals surface area (Å²) in [5.41, 5.74) is 6.78. The third-order valence-corrected chi connectivity index (χ3v) is 5.07. The molecule has 0 aliphatic carbocycles. The van der Waals surface area contributed by atoms with Crippen LogP contribution in [-0.4, -0.2) is 28.7 Å². The van der Waals surface area contributed by atoms with Crippen LogP contribution in [0.5, 0.6) is 0 Å². The zero-order valence-corrected chi connectivity index (χ0v) is 13.8. The van der Waals surface area contributed by atoms with Crippen molar-refractivity contribution < 1.29 is 0 Å². The van der Waals surface area contributed by atoms with Gasteiger partial charge in [-0.05, 0) is 36.4 Å². The zero-order valence-electron chi connectivity index (χ0n) is 12.9. The van der Waals surface area contributed by atoms with E-state index in [4.69, 9.17) is 0 Å². The van der Waals surface area contributed by atoms with Crippen molar-refractivity contribution in [2.24, 2.45) is 0 Å². The second-order valence-electron chi connectivity index (χ2n) is 5.84. The molecule has 1 N–H and O–H groups in total. The topological polar surface area (TPSA) is 41.1 Å². The highest BCUT2D eigenvalue weighted by Gasteiger charge is 2.22. The maximum absolute atomic E-state index is 4.17. The molecular formula is C18H18N4S. The first-order valence-corrected chi connectivity index (χ1v) is 8.58. The van der Waals surface area contributed by atoms with Gasteiger partial charge in [-0.3, -0.25) is 4.90 Å². The second kappa shape index (κ2) is 6.10. The van der Waals surface area contributed by atoms with Crippen LogP contribution in [0, 0.1) is 0 Å². The quantitative estimate of drug-likeness (QED) is 0.779. The van der Waals surface area contributed by atoms with E-state index in [1.807, 2.05) is 0 Å². The van der Waals surface area contributed by atoms with Gasteiger partial charge in [-0.1, -0.05) is 41.7 Å². The summed E-state index contributed by atoms with van der Waals surface area (Å²) in [5, 5.41) is 12.7. The summed E-state index contributed by atoms with van der Waals surface area (Å²) < 4.78 is 0. The highest BCUT2D eigenvalue weighted by Crippen LogP contribution is 2.32. The summed E-state index contributed by atoms with van der Waals surface area (Å²) in [6.07, 6.45) is 0. The van der Waals surface area contributed by atoms with Gasteiger partial charge >= 0.3 is 0 Å². The van der Waals surface area contributed by atoms with Gasteiger partial charge in [-0.15, -0.1) is 10.2 Å². The van der Waals surface area contributed by atoms with Crippen molar-refractivity contribution in [3.63, 3.8) is 0 Å². The van der Waals surface area contributed by atoms with Gasteiger partial charge in [0.05, 0.1) is 6.04 Å². The number of nitrogens with one attached hydrogen (secondary N) is 1. The van der Waals surface area contributed by atoms with Crippen molar-refractivity contribution in [2.45, 2.75) is 12.6 Å². The van der Waals surface area contributed by atoms with Gasteiger partial charge in [0, 0.05) is 24.3 Å². The third-order valence-electron chi connectivity index (χ3n) is 4.33. The van der Waals surface area contributed by atoms with E-state index in [9.17, 15) is 0 Å². The lowest BCUT2D eigenvalue weighted by Crippen LogP contribution is -2.26. The van der Waals surface area contributed by atoms with Crippen LogP contribution in [0.15, 0.2) is 54.0 Å². The Labute approximate surface area is 139 Å². The summed E-state index contributed by atoms with van der Waals surface area (Å²) in [6.45, 7) is 1.82. The fraction of sp³-hybridized carbons (Fsp3) is 0.222. The number of nitrogens with zero attached hydrogens (tertiary/aromatic N) is 3. The molecule has 1 atom stereocenters. The number of aromatic nitrogens is 2. The van der Waals surface area contributed by atoms with Crippen LogP contribution in [0.2, 0.25) is 0 Å². The molecule has 0 saturated carbocycles. The van der Waals surface area contributed by atoms with Crippen LogP contribution in [0.1, 0.15) is 17.2 Å². The van der Waals surface area contributed by atoms with Gasteiger partial charge in [-0.2, -0.15) is 0 Å². The monoisotopic (exact) mass is 322 g/mol. The summed E-state index contributed by atoms with van der Waals surface area (Å²) in [4.78, 5) is 2.40. The Morgan fingerprint density at radius 3 is 2.83 bits per heavy atom. The van der Waals surface area contributed by atoms with Crippen molar-refractivity contribution in [2.75, 3.05) is 18.9 Å². The molecule has 3 aromatic rings. The lowest BCUT2D eigenvalue weighted by molar-refractivity contribution is 0.252. The Morgan fingerprint density at radius 1 is 1.17 bits per heavy atom. The molecule has 23 heavy (non-hydrogen) atoms. The van der Waals surface area contributed by atoms with Crippen molar-refractivity contribution in [1.82, 2.24) is 15.1 Å². The highest BCUT2D eigenvalue weighted by molar-refractivity contribution is 7.12. The second-order valence-corrected chi connectivity index (χ2v) is 6.67. The predicted molar refractivity (Wildman–Crippen MR) is 94.5 cm³/mol. The minimum Gasteiger partial charge on any atom is -0.383 e. The minimum atomic E-state index is 0.369. The Bertz CT molecular complexity index is 786. The van der Waals surface area contributed by atoms with Crippen LogP contribution in [0.3, 0.4) is 0 Å². The molecule has 0 saturated heterocycles. The minimum absolute atomic E-state index is 0.369. The van der Waals surface area contributed by atoms with Crippen LogP contribution in [0.4, 0.5) is 5.69 Å². The Kier molecular flexibility index (Phi) is 3.81. The van der Waals surface area contributed by atoms with E-state index < -0.39 is 0 Å². The first-order valence-electron chi connectivity index (χ1n) is 7.70. The molecule has 116 valence electrons. The van der Waals surface area contributed by atoms with Gasteiger partial charge in [-0.25, -0.2) is 0 Å². The lowest BCUT2D eigenvalue weighted by Gasteiger charge is -2.25. The number of likely N-dealkylation sites (N-methyl/N-ethyl adjacent to an activating group) is 1. The first-order chi connectivity index (χ1) is 11.3. The molecular weight excluding hydrogens is 304 g/mol. The van der Waals surface area contributed by atoms with E-state index in [0.29, 0.717) is 6.04 Å². The number of fused-ring (bicyclic) bond motifs is 1. The van der Waals surface area contributed by atoms with Crippen LogP contribution in [0.25, 0.3) is 10.6 Å². The number of hydrogen-bond acceptors (Lipinski definition) is 5. The molecule has 0 bridgehead atoms. The van der Waals surface area contributed by atoms with E-state index in [0.717, 1.165) is 23.7 Å². The molecule has 0 amide bonds. The smallest absolute Gasteiger partial charge is 0.147 e. The molecule has 0 radical (unpaired) electrons. The molecule has 2 aromatic carbocycles. The lowest BCUT2D eigenvalue weighted by atomic mass is 10.1. The summed E-state index contributed by atoms with van der Waals surface area (Å²) in [5.74, 6) is 0. The van der Waals surface area contributed by atoms with Crippen molar-refractivity contribution in [1.29, 1.82) is 0 Å². The molecule has 1 aliphatic heterocycles. The summed E-state index contributed by atoms with van der Waals surface area (Å²) in [7, 11) is 2.19. The van der Waals surface area contributed by atoms with E-state index >= 15 is 0 Å².